The fraction of sp³-hybridized carbons (Fsp3) is 0.250. The van der Waals surface area contributed by atoms with Gasteiger partial charge in [-0.2, -0.15) is 0 Å². The molecule has 0 aromatic carbocycles. The molecule has 0 unspecified atom stereocenters. The Kier molecular flexibility index (Phi) is 2.72. The second-order valence-electron chi connectivity index (χ2n) is 1.23. The Morgan fingerprint density at radius 2 is 2.43 bits per heavy atom. The van der Waals surface area contributed by atoms with Gasteiger partial charge >= 0.3 is 17.1 Å². The molecule has 1 radical (unpaired) electrons. The van der Waals surface area contributed by atoms with Gasteiger partial charge in [0.25, 0.3) is 0 Å². The van der Waals surface area contributed by atoms with Gasteiger partial charge < -0.3 is 4.98 Å². The van der Waals surface area contributed by atoms with Gasteiger partial charge in [0.05, 0.1) is 6.33 Å². The van der Waals surface area contributed by atoms with E-state index in [1.807, 2.05) is 6.92 Å². The first-order valence-electron chi connectivity index (χ1n) is 1.84. The molecular weight excluding hydrogens is 140 g/mol. The minimum absolute atomic E-state index is 0. The topological polar surface area (TPSA) is 28.7 Å². The van der Waals surface area contributed by atoms with E-state index in [0.717, 1.165) is 5.69 Å². The minimum Gasteiger partial charge on any atom is -0.349 e. The van der Waals surface area contributed by atoms with E-state index in [1.54, 1.807) is 12.5 Å². The number of aromatic nitrogens is 2. The molecule has 0 aliphatic carbocycles. The largest absolute Gasteiger partial charge is 2.00 e. The van der Waals surface area contributed by atoms with Crippen LogP contribution in [0.25, 0.3) is 0 Å². The summed E-state index contributed by atoms with van der Waals surface area (Å²) in [5.41, 5.74) is 1.11. The van der Waals surface area contributed by atoms with Crippen molar-refractivity contribution in [1.29, 1.82) is 0 Å². The van der Waals surface area contributed by atoms with Gasteiger partial charge in [0.15, 0.2) is 0 Å². The Morgan fingerprint density at radius 3 is 2.57 bits per heavy atom. The molecule has 0 amide bonds. The molecule has 1 aromatic rings. The zero-order chi connectivity index (χ0) is 4.41. The molecule has 0 atom stereocenters. The summed E-state index contributed by atoms with van der Waals surface area (Å²) >= 11 is 0. The minimum atomic E-state index is 0. The number of nitrogens with zero attached hydrogens (tertiary/aromatic N) is 1. The second kappa shape index (κ2) is 2.83. The van der Waals surface area contributed by atoms with E-state index in [9.17, 15) is 0 Å². The molecule has 1 aromatic heterocycles. The summed E-state index contributed by atoms with van der Waals surface area (Å²) in [6.07, 6.45) is 3.44. The van der Waals surface area contributed by atoms with E-state index in [2.05, 4.69) is 9.97 Å². The summed E-state index contributed by atoms with van der Waals surface area (Å²) in [6.45, 7) is 1.97. The van der Waals surface area contributed by atoms with Crippen molar-refractivity contribution < 1.29 is 17.1 Å². The number of H-pyrrole nitrogens is 1. The van der Waals surface area contributed by atoms with Gasteiger partial charge in [-0.1, -0.05) is 0 Å². The summed E-state index contributed by atoms with van der Waals surface area (Å²) in [4.78, 5) is 6.66. The molecule has 0 saturated heterocycles. The van der Waals surface area contributed by atoms with Gasteiger partial charge in [-0.25, -0.2) is 4.98 Å². The van der Waals surface area contributed by atoms with Gasteiger partial charge in [0, 0.05) is 11.9 Å². The molecule has 7 heavy (non-hydrogen) atoms. The van der Waals surface area contributed by atoms with Gasteiger partial charge in [-0.3, -0.25) is 0 Å². The van der Waals surface area contributed by atoms with Gasteiger partial charge in [-0.05, 0) is 6.92 Å². The first-order valence-corrected chi connectivity index (χ1v) is 1.84. The molecule has 41 valence electrons. The van der Waals surface area contributed by atoms with Crippen LogP contribution >= 0.6 is 0 Å². The molecule has 0 spiro atoms. The van der Waals surface area contributed by atoms with E-state index in [-0.39, 0.29) is 17.1 Å². The Morgan fingerprint density at radius 1 is 1.71 bits per heavy atom. The molecule has 0 fully saturated rings. The number of nitrogens with one attached hydrogen (secondary N) is 1. The maximum atomic E-state index is 3.77. The zero-order valence-corrected chi connectivity index (χ0v) is 4.85. The molecule has 3 heteroatoms. The van der Waals surface area contributed by atoms with Crippen LogP contribution in [0.5, 0.6) is 0 Å². The Labute approximate surface area is 52.8 Å². The number of aromatic amines is 1. The second-order valence-corrected chi connectivity index (χ2v) is 1.23. The first kappa shape index (κ1) is 6.73. The molecular formula is C4H6CuN2+2. The Balaban J connectivity index is 0.000000360. The maximum Gasteiger partial charge on any atom is 2.00 e. The third kappa shape index (κ3) is 1.76. The van der Waals surface area contributed by atoms with Crippen molar-refractivity contribution in [1.82, 2.24) is 9.97 Å². The van der Waals surface area contributed by atoms with Crippen LogP contribution in [0.1, 0.15) is 5.69 Å². The molecule has 1 heterocycles. The summed E-state index contributed by atoms with van der Waals surface area (Å²) in [6, 6.07) is 0. The van der Waals surface area contributed by atoms with Crippen molar-refractivity contribution in [3.05, 3.63) is 18.2 Å². The summed E-state index contributed by atoms with van der Waals surface area (Å²) in [5, 5.41) is 0. The Hall–Kier alpha value is -0.271. The SMILES string of the molecule is Cc1cnc[nH]1.[Cu+2]. The first-order chi connectivity index (χ1) is 2.89. The number of aryl methyl sites for hydroxylation is 1. The molecule has 0 bridgehead atoms. The van der Waals surface area contributed by atoms with E-state index in [1.165, 1.54) is 0 Å². The Bertz CT molecular complexity index is 113. The number of hydrogen-bond acceptors (Lipinski definition) is 1. The molecule has 0 aliphatic heterocycles. The van der Waals surface area contributed by atoms with Crippen molar-refractivity contribution in [2.75, 3.05) is 0 Å². The quantitative estimate of drug-likeness (QED) is 0.536. The van der Waals surface area contributed by atoms with Crippen molar-refractivity contribution in [3.63, 3.8) is 0 Å². The van der Waals surface area contributed by atoms with Crippen LogP contribution in [0, 0.1) is 6.92 Å². The summed E-state index contributed by atoms with van der Waals surface area (Å²) in [5.74, 6) is 0. The van der Waals surface area contributed by atoms with E-state index in [4.69, 9.17) is 0 Å². The van der Waals surface area contributed by atoms with Gasteiger partial charge in [0.2, 0.25) is 0 Å². The van der Waals surface area contributed by atoms with Crippen molar-refractivity contribution in [2.24, 2.45) is 0 Å². The third-order valence-corrected chi connectivity index (χ3v) is 0.635. The van der Waals surface area contributed by atoms with E-state index < -0.39 is 0 Å². The standard InChI is InChI=1S/C4H6N2.Cu/c1-4-2-5-3-6-4;/h2-3H,1H3,(H,5,6);/q;+2. The summed E-state index contributed by atoms with van der Waals surface area (Å²) < 4.78 is 0. The van der Waals surface area contributed by atoms with Gasteiger partial charge in [-0.15, -0.1) is 0 Å². The van der Waals surface area contributed by atoms with Crippen LogP contribution < -0.4 is 0 Å². The third-order valence-electron chi connectivity index (χ3n) is 0.635. The molecule has 0 aliphatic rings. The zero-order valence-electron chi connectivity index (χ0n) is 3.90. The molecule has 2 nitrogen and oxygen atoms in total. The summed E-state index contributed by atoms with van der Waals surface area (Å²) in [7, 11) is 0. The van der Waals surface area contributed by atoms with Crippen LogP contribution in [0.4, 0.5) is 0 Å². The fourth-order valence-electron chi connectivity index (χ4n) is 0.325. The maximum absolute atomic E-state index is 3.77. The van der Waals surface area contributed by atoms with Crippen LogP contribution in [0.15, 0.2) is 12.5 Å². The number of hydrogen-bond donors (Lipinski definition) is 1. The van der Waals surface area contributed by atoms with Gasteiger partial charge in [0.1, 0.15) is 0 Å². The van der Waals surface area contributed by atoms with Crippen LogP contribution in [-0.4, -0.2) is 9.97 Å². The van der Waals surface area contributed by atoms with Crippen molar-refractivity contribution in [2.45, 2.75) is 6.92 Å². The number of rotatable bonds is 0. The van der Waals surface area contributed by atoms with Crippen LogP contribution in [0.2, 0.25) is 0 Å². The smallest absolute Gasteiger partial charge is 0.349 e. The van der Waals surface area contributed by atoms with Crippen molar-refractivity contribution in [3.8, 4) is 0 Å². The van der Waals surface area contributed by atoms with E-state index in [0.29, 0.717) is 0 Å². The predicted molar refractivity (Wildman–Crippen MR) is 23.3 cm³/mol. The average molecular weight is 146 g/mol. The molecule has 1 N–H and O–H groups in total. The van der Waals surface area contributed by atoms with Crippen molar-refractivity contribution >= 4 is 0 Å². The van der Waals surface area contributed by atoms with E-state index >= 15 is 0 Å². The predicted octanol–water partition coefficient (Wildman–Crippen LogP) is 0.716. The fourth-order valence-corrected chi connectivity index (χ4v) is 0.325. The molecule has 0 saturated carbocycles. The molecule has 1 rings (SSSR count). The number of imidazole rings is 1. The average Bonchev–Trinajstić information content (AvgIpc) is 1.86. The van der Waals surface area contributed by atoms with Crippen LogP contribution in [-0.2, 0) is 17.1 Å². The van der Waals surface area contributed by atoms with Crippen LogP contribution in [0.3, 0.4) is 0 Å². The normalized spacial score (nSPS) is 7.57. The monoisotopic (exact) mass is 145 g/mol.